The summed E-state index contributed by atoms with van der Waals surface area (Å²) in [6.45, 7) is 2.97. The summed E-state index contributed by atoms with van der Waals surface area (Å²) in [6.07, 6.45) is 0.0366. The van der Waals surface area contributed by atoms with E-state index in [0.29, 0.717) is 24.4 Å². The van der Waals surface area contributed by atoms with Gasteiger partial charge in [-0.1, -0.05) is 0 Å². The molecule has 0 aliphatic carbocycles. The number of ether oxygens (including phenoxy) is 1. The van der Waals surface area contributed by atoms with Crippen LogP contribution in [0.3, 0.4) is 0 Å². The molecule has 1 N–H and O–H groups in total. The van der Waals surface area contributed by atoms with E-state index < -0.39 is 0 Å². The summed E-state index contributed by atoms with van der Waals surface area (Å²) < 4.78 is 6.48. The number of fused-ring (bicyclic) bond motifs is 1. The van der Waals surface area contributed by atoms with Crippen LogP contribution in [-0.2, 0) is 4.74 Å². The Hall–Kier alpha value is -1.77. The number of hydrogen-bond acceptors (Lipinski definition) is 7. The van der Waals surface area contributed by atoms with Crippen LogP contribution in [0.5, 0.6) is 0 Å². The summed E-state index contributed by atoms with van der Waals surface area (Å²) in [5, 5.41) is 14.5. The molecule has 1 aliphatic heterocycles. The molecule has 3 rings (SSSR count). The highest BCUT2D eigenvalue weighted by atomic mass is 32.1. The molecule has 21 heavy (non-hydrogen) atoms. The molecule has 0 radical (unpaired) electrons. The fraction of sp³-hybridized carbons (Fsp3) is 0.462. The minimum absolute atomic E-state index is 0.0366. The van der Waals surface area contributed by atoms with Crippen LogP contribution in [0.4, 0.5) is 11.4 Å². The maximum atomic E-state index is 11.3. The van der Waals surface area contributed by atoms with Gasteiger partial charge in [-0.2, -0.15) is 0 Å². The van der Waals surface area contributed by atoms with Crippen LogP contribution >= 0.6 is 11.3 Å². The molecule has 7 nitrogen and oxygen atoms in total. The number of rotatable bonds is 4. The molecule has 8 heteroatoms. The Morgan fingerprint density at radius 3 is 3.24 bits per heavy atom. The summed E-state index contributed by atoms with van der Waals surface area (Å²) in [4.78, 5) is 17.2. The number of benzene rings is 1. The molecule has 1 saturated heterocycles. The maximum Gasteiger partial charge on any atom is 0.319 e. The molecule has 0 bridgehead atoms. The van der Waals surface area contributed by atoms with E-state index in [0.717, 1.165) is 17.8 Å². The number of nitro benzene ring substituents is 1. The van der Waals surface area contributed by atoms with Crippen molar-refractivity contribution >= 4 is 32.9 Å². The minimum Gasteiger partial charge on any atom is -0.377 e. The van der Waals surface area contributed by atoms with Gasteiger partial charge in [-0.25, -0.2) is 4.98 Å². The van der Waals surface area contributed by atoms with Gasteiger partial charge < -0.3 is 15.0 Å². The number of morpholine rings is 1. The minimum atomic E-state index is -0.377. The van der Waals surface area contributed by atoms with Crippen LogP contribution in [0.25, 0.3) is 10.2 Å². The van der Waals surface area contributed by atoms with Crippen molar-refractivity contribution in [3.63, 3.8) is 0 Å². The quantitative estimate of drug-likeness (QED) is 0.687. The zero-order valence-electron chi connectivity index (χ0n) is 11.6. The van der Waals surface area contributed by atoms with E-state index in [1.807, 2.05) is 13.1 Å². The van der Waals surface area contributed by atoms with Gasteiger partial charge in [-0.3, -0.25) is 10.1 Å². The van der Waals surface area contributed by atoms with Gasteiger partial charge in [0, 0.05) is 19.6 Å². The average molecular weight is 308 g/mol. The standard InChI is InChI=1S/C13H16N4O3S/c1-16-4-5-20-9(7-16)6-14-10-2-3-11-12(15-8-21-11)13(10)17(18)19/h2-3,8-9,14H,4-7H2,1H3. The molecular weight excluding hydrogens is 292 g/mol. The second-order valence-electron chi connectivity index (χ2n) is 5.05. The van der Waals surface area contributed by atoms with E-state index in [2.05, 4.69) is 15.2 Å². The number of aromatic nitrogens is 1. The third-order valence-corrected chi connectivity index (χ3v) is 4.31. The molecule has 1 unspecified atom stereocenters. The van der Waals surface area contributed by atoms with Gasteiger partial charge in [0.25, 0.3) is 0 Å². The van der Waals surface area contributed by atoms with Gasteiger partial charge >= 0.3 is 5.69 Å². The summed E-state index contributed by atoms with van der Waals surface area (Å²) >= 11 is 1.40. The number of nitrogens with zero attached hydrogens (tertiary/aromatic N) is 3. The highest BCUT2D eigenvalue weighted by Gasteiger charge is 2.22. The Morgan fingerprint density at radius 2 is 2.48 bits per heavy atom. The van der Waals surface area contributed by atoms with Crippen LogP contribution < -0.4 is 5.32 Å². The third kappa shape index (κ3) is 2.97. The molecule has 0 amide bonds. The summed E-state index contributed by atoms with van der Waals surface area (Å²) in [7, 11) is 2.04. The van der Waals surface area contributed by atoms with E-state index in [-0.39, 0.29) is 16.7 Å². The van der Waals surface area contributed by atoms with E-state index in [9.17, 15) is 10.1 Å². The molecule has 112 valence electrons. The van der Waals surface area contributed by atoms with Crippen LogP contribution in [0, 0.1) is 10.1 Å². The Bertz CT molecular complexity index is 660. The number of thiazole rings is 1. The van der Waals surface area contributed by atoms with Gasteiger partial charge in [0.05, 0.1) is 27.8 Å². The molecule has 0 saturated carbocycles. The second-order valence-corrected chi connectivity index (χ2v) is 5.94. The molecule has 1 aliphatic rings. The van der Waals surface area contributed by atoms with Crippen molar-refractivity contribution in [2.45, 2.75) is 6.10 Å². The molecule has 1 aromatic carbocycles. The number of hydrogen-bond donors (Lipinski definition) is 1. The fourth-order valence-electron chi connectivity index (χ4n) is 2.46. The molecule has 0 spiro atoms. The van der Waals surface area contributed by atoms with Gasteiger partial charge in [0.2, 0.25) is 0 Å². The summed E-state index contributed by atoms with van der Waals surface area (Å²) in [5.74, 6) is 0. The number of nitro groups is 1. The second kappa shape index (κ2) is 5.92. The van der Waals surface area contributed by atoms with Gasteiger partial charge in [-0.05, 0) is 19.2 Å². The Labute approximate surface area is 125 Å². The van der Waals surface area contributed by atoms with E-state index >= 15 is 0 Å². The Morgan fingerprint density at radius 1 is 1.62 bits per heavy atom. The van der Waals surface area contributed by atoms with E-state index in [1.54, 1.807) is 11.6 Å². The van der Waals surface area contributed by atoms with Gasteiger partial charge in [0.1, 0.15) is 5.69 Å². The zero-order valence-corrected chi connectivity index (χ0v) is 12.4. The highest BCUT2D eigenvalue weighted by molar-refractivity contribution is 7.16. The lowest BCUT2D eigenvalue weighted by Crippen LogP contribution is -2.43. The number of nitrogens with one attached hydrogen (secondary N) is 1. The first-order valence-corrected chi connectivity index (χ1v) is 7.57. The van der Waals surface area contributed by atoms with Crippen molar-refractivity contribution in [3.8, 4) is 0 Å². The van der Waals surface area contributed by atoms with Crippen molar-refractivity contribution in [2.24, 2.45) is 0 Å². The van der Waals surface area contributed by atoms with Crippen molar-refractivity contribution in [1.29, 1.82) is 0 Å². The maximum absolute atomic E-state index is 11.3. The number of anilines is 1. The van der Waals surface area contributed by atoms with Crippen LogP contribution in [0.2, 0.25) is 0 Å². The van der Waals surface area contributed by atoms with Crippen molar-refractivity contribution in [1.82, 2.24) is 9.88 Å². The first-order chi connectivity index (χ1) is 10.1. The number of likely N-dealkylation sites (N-methyl/N-ethyl adjacent to an activating group) is 1. The molecule has 1 aromatic heterocycles. The van der Waals surface area contributed by atoms with Crippen molar-refractivity contribution in [2.75, 3.05) is 38.6 Å². The lowest BCUT2D eigenvalue weighted by atomic mass is 10.2. The lowest BCUT2D eigenvalue weighted by molar-refractivity contribution is -0.382. The fourth-order valence-corrected chi connectivity index (χ4v) is 3.14. The SMILES string of the molecule is CN1CCOC(CNc2ccc3scnc3c2[N+](=O)[O-])C1. The van der Waals surface area contributed by atoms with Crippen LogP contribution in [0.1, 0.15) is 0 Å². The molecule has 2 heterocycles. The lowest BCUT2D eigenvalue weighted by Gasteiger charge is -2.30. The van der Waals surface area contributed by atoms with Crippen molar-refractivity contribution in [3.05, 3.63) is 27.8 Å². The van der Waals surface area contributed by atoms with E-state index in [4.69, 9.17) is 4.74 Å². The Balaban J connectivity index is 1.80. The predicted octanol–water partition coefficient (Wildman–Crippen LogP) is 1.95. The largest absolute Gasteiger partial charge is 0.377 e. The first kappa shape index (κ1) is 14.2. The first-order valence-electron chi connectivity index (χ1n) is 6.70. The normalized spacial score (nSPS) is 19.8. The van der Waals surface area contributed by atoms with Crippen LogP contribution in [-0.4, -0.2) is 54.2 Å². The smallest absolute Gasteiger partial charge is 0.319 e. The Kier molecular flexibility index (Phi) is 4.00. The average Bonchev–Trinajstić information content (AvgIpc) is 2.92. The van der Waals surface area contributed by atoms with Crippen LogP contribution in [0.15, 0.2) is 17.6 Å². The van der Waals surface area contributed by atoms with Crippen molar-refractivity contribution < 1.29 is 9.66 Å². The third-order valence-electron chi connectivity index (χ3n) is 3.52. The monoisotopic (exact) mass is 308 g/mol. The van der Waals surface area contributed by atoms with Gasteiger partial charge in [-0.15, -0.1) is 11.3 Å². The molecule has 2 aromatic rings. The van der Waals surface area contributed by atoms with Gasteiger partial charge in [0.15, 0.2) is 5.52 Å². The topological polar surface area (TPSA) is 80.5 Å². The zero-order chi connectivity index (χ0) is 14.8. The molecule has 1 fully saturated rings. The predicted molar refractivity (Wildman–Crippen MR) is 82.0 cm³/mol. The molecular formula is C13H16N4O3S. The highest BCUT2D eigenvalue weighted by Crippen LogP contribution is 2.34. The van der Waals surface area contributed by atoms with E-state index in [1.165, 1.54) is 11.3 Å². The summed E-state index contributed by atoms with van der Waals surface area (Å²) in [5.41, 5.74) is 2.60. The summed E-state index contributed by atoms with van der Waals surface area (Å²) in [6, 6.07) is 3.60. The molecule has 1 atom stereocenters.